The number of hydrogen-bond donors (Lipinski definition) is 1. The summed E-state index contributed by atoms with van der Waals surface area (Å²) in [7, 11) is 1.27. The number of sulfonamides is 1. The molecule has 0 saturated carbocycles. The van der Waals surface area contributed by atoms with Crippen molar-refractivity contribution in [1.29, 1.82) is 0 Å². The van der Waals surface area contributed by atoms with Crippen LogP contribution in [0, 0.1) is 5.82 Å². The molecule has 0 aliphatic heterocycles. The first-order valence-corrected chi connectivity index (χ1v) is 15.0. The summed E-state index contributed by atoms with van der Waals surface area (Å²) >= 11 is 0. The summed E-state index contributed by atoms with van der Waals surface area (Å²) in [5.74, 6) is 0.195. The molecule has 0 spiro atoms. The summed E-state index contributed by atoms with van der Waals surface area (Å²) in [5, 5.41) is 3.15. The fourth-order valence-electron chi connectivity index (χ4n) is 5.19. The van der Waals surface area contributed by atoms with Crippen LogP contribution in [0.25, 0.3) is 55.8 Å². The quantitative estimate of drug-likeness (QED) is 0.252. The maximum absolute atomic E-state index is 13.7. The first-order valence-electron chi connectivity index (χ1n) is 13.1. The van der Waals surface area contributed by atoms with Crippen molar-refractivity contribution in [1.82, 2.24) is 14.9 Å². The van der Waals surface area contributed by atoms with E-state index >= 15 is 0 Å². The highest BCUT2D eigenvalue weighted by Crippen LogP contribution is 2.42. The summed E-state index contributed by atoms with van der Waals surface area (Å²) in [6, 6.07) is 24.5. The van der Waals surface area contributed by atoms with Crippen molar-refractivity contribution in [3.63, 3.8) is 0 Å². The predicted octanol–water partition coefficient (Wildman–Crippen LogP) is 6.22. The van der Waals surface area contributed by atoms with E-state index in [4.69, 9.17) is 9.40 Å². The molecule has 0 atom stereocenters. The highest BCUT2D eigenvalue weighted by atomic mass is 32.2. The van der Waals surface area contributed by atoms with E-state index in [9.17, 15) is 17.6 Å². The molecule has 8 nitrogen and oxygen atoms in total. The highest BCUT2D eigenvalue weighted by molar-refractivity contribution is 7.92. The Kier molecular flexibility index (Phi) is 6.58. The Morgan fingerprint density at radius 1 is 0.952 bits per heavy atom. The number of carbonyl (C=O) groups excluding carboxylic acids is 1. The number of halogens is 1. The number of nitrogens with zero attached hydrogens (tertiary/aromatic N) is 3. The van der Waals surface area contributed by atoms with Crippen molar-refractivity contribution in [3.8, 4) is 33.8 Å². The molecule has 0 saturated heterocycles. The topological polar surface area (TPSA) is 97.4 Å². The lowest BCUT2D eigenvalue weighted by molar-refractivity contribution is 0.0964. The van der Waals surface area contributed by atoms with E-state index in [0.29, 0.717) is 27.8 Å². The number of furan rings is 1. The molecule has 0 aliphatic carbocycles. The van der Waals surface area contributed by atoms with Crippen molar-refractivity contribution < 1.29 is 22.0 Å². The van der Waals surface area contributed by atoms with Crippen LogP contribution in [0.4, 0.5) is 10.1 Å². The molecule has 10 heteroatoms. The van der Waals surface area contributed by atoms with Crippen LogP contribution in [0.3, 0.4) is 0 Å². The lowest BCUT2D eigenvalue weighted by Crippen LogP contribution is -2.25. The van der Waals surface area contributed by atoms with Crippen molar-refractivity contribution >= 4 is 43.6 Å². The van der Waals surface area contributed by atoms with Gasteiger partial charge in [-0.1, -0.05) is 30.3 Å². The average Bonchev–Trinajstić information content (AvgIpc) is 3.53. The van der Waals surface area contributed by atoms with Gasteiger partial charge in [0.05, 0.1) is 28.5 Å². The minimum Gasteiger partial charge on any atom is -0.455 e. The summed E-state index contributed by atoms with van der Waals surface area (Å²) in [5.41, 5.74) is 5.44. The standard InChI is InChI=1S/C32H27FN4O4S/c1-34-32(38)29-24-17-23(20-8-7-9-21(16-20)31-35-25-10-5-6-11-26(25)36(31)2)27(37(3)42(4,39)40)18-28(24)41-30(29)19-12-14-22(33)15-13-19/h5-18H,1-4H3,(H,34,38). The third-order valence-corrected chi connectivity index (χ3v) is 8.61. The zero-order valence-corrected chi connectivity index (χ0v) is 24.2. The molecule has 0 bridgehead atoms. The number of hydrogen-bond acceptors (Lipinski definition) is 5. The first kappa shape index (κ1) is 27.2. The van der Waals surface area contributed by atoms with Gasteiger partial charge in [0.2, 0.25) is 10.0 Å². The zero-order chi connectivity index (χ0) is 29.8. The van der Waals surface area contributed by atoms with Crippen molar-refractivity contribution in [3.05, 3.63) is 96.3 Å². The van der Waals surface area contributed by atoms with Crippen molar-refractivity contribution in [2.24, 2.45) is 7.05 Å². The largest absolute Gasteiger partial charge is 0.455 e. The molecule has 6 rings (SSSR count). The number of fused-ring (bicyclic) bond motifs is 2. The summed E-state index contributed by atoms with van der Waals surface area (Å²) in [6.45, 7) is 0. The molecule has 6 aromatic rings. The minimum atomic E-state index is -3.67. The maximum Gasteiger partial charge on any atom is 0.255 e. The number of benzene rings is 4. The number of aryl methyl sites for hydroxylation is 1. The van der Waals surface area contributed by atoms with E-state index in [0.717, 1.165) is 34.2 Å². The van der Waals surface area contributed by atoms with E-state index in [1.165, 1.54) is 42.7 Å². The Morgan fingerprint density at radius 2 is 1.67 bits per heavy atom. The maximum atomic E-state index is 13.7. The van der Waals surface area contributed by atoms with Crippen LogP contribution >= 0.6 is 0 Å². The van der Waals surface area contributed by atoms with Gasteiger partial charge in [0, 0.05) is 49.3 Å². The van der Waals surface area contributed by atoms with Crippen LogP contribution in [0.1, 0.15) is 10.4 Å². The normalized spacial score (nSPS) is 11.7. The van der Waals surface area contributed by atoms with Gasteiger partial charge in [-0.2, -0.15) is 0 Å². The monoisotopic (exact) mass is 582 g/mol. The molecule has 42 heavy (non-hydrogen) atoms. The van der Waals surface area contributed by atoms with E-state index in [-0.39, 0.29) is 11.3 Å². The third-order valence-electron chi connectivity index (χ3n) is 7.42. The number of anilines is 1. The fraction of sp³-hybridized carbons (Fsp3) is 0.125. The van der Waals surface area contributed by atoms with E-state index in [1.807, 2.05) is 60.1 Å². The first-order chi connectivity index (χ1) is 20.1. The number of rotatable bonds is 6. The Hall–Kier alpha value is -4.96. The van der Waals surface area contributed by atoms with E-state index in [1.54, 1.807) is 12.1 Å². The fourth-order valence-corrected chi connectivity index (χ4v) is 5.70. The number of aromatic nitrogens is 2. The van der Waals surface area contributed by atoms with Gasteiger partial charge in [-0.3, -0.25) is 9.10 Å². The molecule has 0 aliphatic rings. The molecule has 2 aromatic heterocycles. The number of para-hydroxylation sites is 2. The molecule has 212 valence electrons. The molecular formula is C32H27FN4O4S. The minimum absolute atomic E-state index is 0.253. The average molecular weight is 583 g/mol. The van der Waals surface area contributed by atoms with Crippen LogP contribution in [0.5, 0.6) is 0 Å². The van der Waals surface area contributed by atoms with E-state index in [2.05, 4.69) is 5.32 Å². The summed E-state index contributed by atoms with van der Waals surface area (Å²) in [6.07, 6.45) is 1.12. The van der Waals surface area contributed by atoms with Crippen LogP contribution in [0.2, 0.25) is 0 Å². The Balaban J connectivity index is 1.62. The van der Waals surface area contributed by atoms with E-state index < -0.39 is 21.7 Å². The summed E-state index contributed by atoms with van der Waals surface area (Å²) < 4.78 is 48.5. The van der Waals surface area contributed by atoms with Crippen LogP contribution in [-0.2, 0) is 17.1 Å². The highest BCUT2D eigenvalue weighted by Gasteiger charge is 2.26. The van der Waals surface area contributed by atoms with Gasteiger partial charge < -0.3 is 14.3 Å². The van der Waals surface area contributed by atoms with Gasteiger partial charge in [0.15, 0.2) is 0 Å². The number of nitrogens with one attached hydrogen (secondary N) is 1. The lowest BCUT2D eigenvalue weighted by atomic mass is 9.97. The van der Waals surface area contributed by atoms with Crippen LogP contribution in [-0.4, -0.2) is 44.2 Å². The van der Waals surface area contributed by atoms with Crippen LogP contribution < -0.4 is 9.62 Å². The number of amides is 1. The van der Waals surface area contributed by atoms with Crippen LogP contribution in [0.15, 0.2) is 89.3 Å². The molecule has 0 fully saturated rings. The number of carbonyl (C=O) groups is 1. The second kappa shape index (κ2) is 10.1. The zero-order valence-electron chi connectivity index (χ0n) is 23.3. The van der Waals surface area contributed by atoms with Crippen molar-refractivity contribution in [2.45, 2.75) is 0 Å². The molecule has 1 amide bonds. The summed E-state index contributed by atoms with van der Waals surface area (Å²) in [4.78, 5) is 18.0. The lowest BCUT2D eigenvalue weighted by Gasteiger charge is -2.21. The Labute approximate surface area is 242 Å². The third kappa shape index (κ3) is 4.59. The van der Waals surface area contributed by atoms with Gasteiger partial charge >= 0.3 is 0 Å². The SMILES string of the molecule is CNC(=O)c1c(-c2ccc(F)cc2)oc2cc(N(C)S(C)(=O)=O)c(-c3cccc(-c4nc5ccccc5n4C)c3)cc12. The Bertz CT molecular complexity index is 2110. The molecule has 0 radical (unpaired) electrons. The second-order valence-corrected chi connectivity index (χ2v) is 12.1. The molecule has 0 unspecified atom stereocenters. The van der Waals surface area contributed by atoms with Crippen molar-refractivity contribution in [2.75, 3.05) is 24.7 Å². The molecule has 4 aromatic carbocycles. The van der Waals surface area contributed by atoms with Gasteiger partial charge in [-0.25, -0.2) is 17.8 Å². The molecule has 2 heterocycles. The van der Waals surface area contributed by atoms with Gasteiger partial charge in [0.25, 0.3) is 5.91 Å². The molecular weight excluding hydrogens is 555 g/mol. The predicted molar refractivity (Wildman–Crippen MR) is 163 cm³/mol. The van der Waals surface area contributed by atoms with Gasteiger partial charge in [0.1, 0.15) is 23.0 Å². The van der Waals surface area contributed by atoms with Gasteiger partial charge in [-0.15, -0.1) is 0 Å². The smallest absolute Gasteiger partial charge is 0.255 e. The molecule has 1 N–H and O–H groups in total. The second-order valence-electron chi connectivity index (χ2n) is 10.1. The Morgan fingerprint density at radius 3 is 2.36 bits per heavy atom. The van der Waals surface area contributed by atoms with Gasteiger partial charge in [-0.05, 0) is 54.1 Å². The number of imidazole rings is 1.